The van der Waals surface area contributed by atoms with Gasteiger partial charge in [0.1, 0.15) is 0 Å². The first-order valence-corrected chi connectivity index (χ1v) is 6.23. The summed E-state index contributed by atoms with van der Waals surface area (Å²) in [5.41, 5.74) is 8.41. The number of nitrogens with two attached hydrogens (primary N) is 1. The molecule has 0 amide bonds. The standard InChI is InChI=1S/C14H21N3/c1-10(2)8-13-9-16-14(15)17(13)12-6-4-11(3)5-7-12/h4-7,10,13H,8-9H2,1-3H3,(H2,15,16). The number of hydrogen-bond acceptors (Lipinski definition) is 3. The van der Waals surface area contributed by atoms with E-state index in [9.17, 15) is 0 Å². The molecule has 0 aromatic heterocycles. The quantitative estimate of drug-likeness (QED) is 0.868. The number of benzene rings is 1. The van der Waals surface area contributed by atoms with Crippen LogP contribution in [0.2, 0.25) is 0 Å². The Morgan fingerprint density at radius 1 is 1.35 bits per heavy atom. The Bertz CT molecular complexity index is 406. The molecule has 0 saturated carbocycles. The van der Waals surface area contributed by atoms with Gasteiger partial charge in [0.15, 0.2) is 5.96 Å². The third kappa shape index (κ3) is 2.60. The maximum absolute atomic E-state index is 5.99. The first-order valence-electron chi connectivity index (χ1n) is 6.23. The Labute approximate surface area is 103 Å². The summed E-state index contributed by atoms with van der Waals surface area (Å²) in [5.74, 6) is 1.31. The minimum absolute atomic E-state index is 0.415. The van der Waals surface area contributed by atoms with Gasteiger partial charge < -0.3 is 10.6 Å². The third-order valence-corrected chi connectivity index (χ3v) is 3.13. The average Bonchev–Trinajstić information content (AvgIpc) is 2.61. The third-order valence-electron chi connectivity index (χ3n) is 3.13. The first-order chi connectivity index (χ1) is 8.08. The van der Waals surface area contributed by atoms with Crippen LogP contribution in [0.4, 0.5) is 5.69 Å². The molecule has 1 aliphatic rings. The number of anilines is 1. The summed E-state index contributed by atoms with van der Waals surface area (Å²) in [6, 6.07) is 8.89. The van der Waals surface area contributed by atoms with Gasteiger partial charge in [-0.3, -0.25) is 4.99 Å². The van der Waals surface area contributed by atoms with Crippen molar-refractivity contribution in [3.8, 4) is 0 Å². The number of hydrogen-bond donors (Lipinski definition) is 1. The Morgan fingerprint density at radius 3 is 2.59 bits per heavy atom. The highest BCUT2D eigenvalue weighted by Crippen LogP contribution is 2.24. The second-order valence-electron chi connectivity index (χ2n) is 5.19. The zero-order valence-electron chi connectivity index (χ0n) is 10.9. The van der Waals surface area contributed by atoms with Crippen molar-refractivity contribution < 1.29 is 0 Å². The second kappa shape index (κ2) is 4.78. The Hall–Kier alpha value is -1.51. The maximum atomic E-state index is 5.99. The molecule has 3 nitrogen and oxygen atoms in total. The lowest BCUT2D eigenvalue weighted by Crippen LogP contribution is -2.41. The lowest BCUT2D eigenvalue weighted by atomic mass is 10.0. The molecule has 0 spiro atoms. The molecule has 3 heteroatoms. The van der Waals surface area contributed by atoms with Crippen molar-refractivity contribution >= 4 is 11.6 Å². The largest absolute Gasteiger partial charge is 0.370 e. The van der Waals surface area contributed by atoms with E-state index in [1.807, 2.05) is 0 Å². The first kappa shape index (κ1) is 12.0. The number of aryl methyl sites for hydroxylation is 1. The van der Waals surface area contributed by atoms with E-state index >= 15 is 0 Å². The summed E-state index contributed by atoms with van der Waals surface area (Å²) in [4.78, 5) is 6.54. The summed E-state index contributed by atoms with van der Waals surface area (Å²) < 4.78 is 0. The molecule has 1 aromatic carbocycles. The van der Waals surface area contributed by atoms with E-state index in [1.165, 1.54) is 5.56 Å². The smallest absolute Gasteiger partial charge is 0.196 e. The Balaban J connectivity index is 2.21. The maximum Gasteiger partial charge on any atom is 0.196 e. The van der Waals surface area contributed by atoms with Gasteiger partial charge in [-0.1, -0.05) is 31.5 Å². The molecule has 2 N–H and O–H groups in total. The summed E-state index contributed by atoms with van der Waals surface area (Å²) >= 11 is 0. The van der Waals surface area contributed by atoms with E-state index in [4.69, 9.17) is 5.73 Å². The van der Waals surface area contributed by atoms with Crippen LogP contribution in [-0.2, 0) is 0 Å². The molecule has 0 radical (unpaired) electrons. The van der Waals surface area contributed by atoms with Gasteiger partial charge in [0.25, 0.3) is 0 Å². The fraction of sp³-hybridized carbons (Fsp3) is 0.500. The zero-order chi connectivity index (χ0) is 12.4. The van der Waals surface area contributed by atoms with Gasteiger partial charge in [0.05, 0.1) is 12.6 Å². The van der Waals surface area contributed by atoms with Gasteiger partial charge in [0.2, 0.25) is 0 Å². The average molecular weight is 231 g/mol. The number of nitrogens with zero attached hydrogens (tertiary/aromatic N) is 2. The van der Waals surface area contributed by atoms with Crippen LogP contribution < -0.4 is 10.6 Å². The molecular weight excluding hydrogens is 210 g/mol. The molecule has 0 saturated heterocycles. The van der Waals surface area contributed by atoms with Gasteiger partial charge in [0, 0.05) is 5.69 Å². The van der Waals surface area contributed by atoms with Gasteiger partial charge in [-0.05, 0) is 31.4 Å². The van der Waals surface area contributed by atoms with Crippen LogP contribution in [0, 0.1) is 12.8 Å². The molecule has 0 fully saturated rings. The predicted octanol–water partition coefficient (Wildman–Crippen LogP) is 2.54. The summed E-state index contributed by atoms with van der Waals surface area (Å²) in [5, 5.41) is 0. The van der Waals surface area contributed by atoms with Crippen molar-refractivity contribution in [3.63, 3.8) is 0 Å². The van der Waals surface area contributed by atoms with Crippen molar-refractivity contribution in [1.29, 1.82) is 0 Å². The van der Waals surface area contributed by atoms with Gasteiger partial charge in [-0.15, -0.1) is 0 Å². The van der Waals surface area contributed by atoms with Crippen LogP contribution in [0.15, 0.2) is 29.3 Å². The molecule has 17 heavy (non-hydrogen) atoms. The summed E-state index contributed by atoms with van der Waals surface area (Å²) in [6.45, 7) is 7.39. The highest BCUT2D eigenvalue weighted by Gasteiger charge is 2.27. The molecule has 92 valence electrons. The topological polar surface area (TPSA) is 41.6 Å². The lowest BCUT2D eigenvalue weighted by molar-refractivity contribution is 0.512. The molecule has 1 unspecified atom stereocenters. The van der Waals surface area contributed by atoms with E-state index in [-0.39, 0.29) is 0 Å². The fourth-order valence-corrected chi connectivity index (χ4v) is 2.32. The normalized spacial score (nSPS) is 19.9. The molecule has 0 aliphatic carbocycles. The molecule has 1 aromatic rings. The highest BCUT2D eigenvalue weighted by atomic mass is 15.3. The number of rotatable bonds is 3. The summed E-state index contributed by atoms with van der Waals surface area (Å²) in [6.07, 6.45) is 1.12. The van der Waals surface area contributed by atoms with Crippen LogP contribution in [-0.4, -0.2) is 18.5 Å². The monoisotopic (exact) mass is 231 g/mol. The molecule has 2 rings (SSSR count). The van der Waals surface area contributed by atoms with E-state index < -0.39 is 0 Å². The van der Waals surface area contributed by atoms with Crippen molar-refractivity contribution in [2.24, 2.45) is 16.6 Å². The van der Waals surface area contributed by atoms with E-state index in [2.05, 4.69) is 54.9 Å². The highest BCUT2D eigenvalue weighted by molar-refractivity contribution is 5.97. The van der Waals surface area contributed by atoms with Gasteiger partial charge in [-0.25, -0.2) is 0 Å². The molecule has 1 atom stereocenters. The Morgan fingerprint density at radius 2 is 2.00 bits per heavy atom. The van der Waals surface area contributed by atoms with Crippen molar-refractivity contribution in [2.75, 3.05) is 11.4 Å². The van der Waals surface area contributed by atoms with Crippen molar-refractivity contribution in [1.82, 2.24) is 0 Å². The minimum Gasteiger partial charge on any atom is -0.370 e. The van der Waals surface area contributed by atoms with E-state index in [0.717, 1.165) is 18.7 Å². The fourth-order valence-electron chi connectivity index (χ4n) is 2.32. The van der Waals surface area contributed by atoms with E-state index in [1.54, 1.807) is 0 Å². The van der Waals surface area contributed by atoms with Gasteiger partial charge in [-0.2, -0.15) is 0 Å². The Kier molecular flexibility index (Phi) is 3.36. The van der Waals surface area contributed by atoms with E-state index in [0.29, 0.717) is 17.9 Å². The van der Waals surface area contributed by atoms with Gasteiger partial charge >= 0.3 is 0 Å². The van der Waals surface area contributed by atoms with Crippen molar-refractivity contribution in [2.45, 2.75) is 33.2 Å². The molecule has 1 heterocycles. The number of guanidine groups is 1. The lowest BCUT2D eigenvalue weighted by Gasteiger charge is -2.27. The minimum atomic E-state index is 0.415. The van der Waals surface area contributed by atoms with Crippen LogP contribution in [0.5, 0.6) is 0 Å². The molecule has 0 bridgehead atoms. The van der Waals surface area contributed by atoms with Crippen molar-refractivity contribution in [3.05, 3.63) is 29.8 Å². The predicted molar refractivity (Wildman–Crippen MR) is 73.4 cm³/mol. The van der Waals surface area contributed by atoms with Crippen LogP contribution in [0.25, 0.3) is 0 Å². The SMILES string of the molecule is Cc1ccc(N2C(N)=NCC2CC(C)C)cc1. The second-order valence-corrected chi connectivity index (χ2v) is 5.19. The number of aliphatic imine (C=N–C) groups is 1. The molecular formula is C14H21N3. The zero-order valence-corrected chi connectivity index (χ0v) is 10.9. The van der Waals surface area contributed by atoms with Crippen LogP contribution >= 0.6 is 0 Å². The van der Waals surface area contributed by atoms with Crippen LogP contribution in [0.3, 0.4) is 0 Å². The van der Waals surface area contributed by atoms with Crippen LogP contribution in [0.1, 0.15) is 25.8 Å². The summed E-state index contributed by atoms with van der Waals surface area (Å²) in [7, 11) is 0. The molecule has 1 aliphatic heterocycles.